The van der Waals surface area contributed by atoms with Gasteiger partial charge < -0.3 is 0 Å². The molecule has 0 saturated heterocycles. The van der Waals surface area contributed by atoms with Crippen molar-refractivity contribution in [3.63, 3.8) is 0 Å². The summed E-state index contributed by atoms with van der Waals surface area (Å²) < 4.78 is 2.09. The molecule has 0 aliphatic carbocycles. The van der Waals surface area contributed by atoms with E-state index in [1.165, 1.54) is 11.3 Å². The van der Waals surface area contributed by atoms with Gasteiger partial charge in [0.05, 0.1) is 11.0 Å². The van der Waals surface area contributed by atoms with E-state index in [-0.39, 0.29) is 5.91 Å². The second-order valence-electron chi connectivity index (χ2n) is 6.59. The van der Waals surface area contributed by atoms with E-state index in [0.29, 0.717) is 10.7 Å². The lowest BCUT2D eigenvalue weighted by Gasteiger charge is -2.07. The van der Waals surface area contributed by atoms with Crippen molar-refractivity contribution < 1.29 is 4.79 Å². The predicted molar refractivity (Wildman–Crippen MR) is 112 cm³/mol. The standard InChI is InChI=1S/C21H21N5OS/c1-3-4-10-19-24-25-21(28-19)23-20(27)15-11-12-18-17(13-15)22-14(2)26(18)16-8-6-5-7-9-16/h5-9,11-13H,3-4,10H2,1-2H3,(H,23,25,27). The number of aromatic nitrogens is 4. The first-order valence-corrected chi connectivity index (χ1v) is 10.2. The van der Waals surface area contributed by atoms with Crippen LogP contribution in [0, 0.1) is 6.92 Å². The number of imidazole rings is 1. The number of anilines is 1. The van der Waals surface area contributed by atoms with Crippen molar-refractivity contribution in [2.45, 2.75) is 33.1 Å². The topological polar surface area (TPSA) is 72.7 Å². The number of benzene rings is 2. The summed E-state index contributed by atoms with van der Waals surface area (Å²) in [6, 6.07) is 15.6. The summed E-state index contributed by atoms with van der Waals surface area (Å²) in [6.07, 6.45) is 3.07. The number of rotatable bonds is 6. The normalized spacial score (nSPS) is 11.1. The maximum atomic E-state index is 12.6. The van der Waals surface area contributed by atoms with Crippen LogP contribution in [0.2, 0.25) is 0 Å². The fourth-order valence-electron chi connectivity index (χ4n) is 3.15. The van der Waals surface area contributed by atoms with Crippen LogP contribution in [-0.4, -0.2) is 25.7 Å². The van der Waals surface area contributed by atoms with Crippen LogP contribution in [0.5, 0.6) is 0 Å². The summed E-state index contributed by atoms with van der Waals surface area (Å²) >= 11 is 1.43. The average Bonchev–Trinajstić information content (AvgIpc) is 3.29. The lowest BCUT2D eigenvalue weighted by molar-refractivity contribution is 0.102. The minimum absolute atomic E-state index is 0.202. The molecule has 0 atom stereocenters. The third-order valence-electron chi connectivity index (χ3n) is 4.53. The quantitative estimate of drug-likeness (QED) is 0.513. The number of carbonyl (C=O) groups excluding carboxylic acids is 1. The van der Waals surface area contributed by atoms with Crippen LogP contribution in [0.3, 0.4) is 0 Å². The van der Waals surface area contributed by atoms with Crippen LogP contribution in [0.4, 0.5) is 5.13 Å². The number of carbonyl (C=O) groups is 1. The summed E-state index contributed by atoms with van der Waals surface area (Å²) in [5, 5.41) is 12.5. The number of hydrogen-bond acceptors (Lipinski definition) is 5. The molecule has 2 heterocycles. The van der Waals surface area contributed by atoms with Crippen LogP contribution in [-0.2, 0) is 6.42 Å². The zero-order chi connectivity index (χ0) is 19.5. The number of aryl methyl sites for hydroxylation is 2. The molecule has 28 heavy (non-hydrogen) atoms. The molecule has 7 heteroatoms. The number of nitrogens with one attached hydrogen (secondary N) is 1. The van der Waals surface area contributed by atoms with Crippen LogP contribution in [0.15, 0.2) is 48.5 Å². The van der Waals surface area contributed by atoms with E-state index in [9.17, 15) is 4.79 Å². The van der Waals surface area contributed by atoms with Gasteiger partial charge in [0.15, 0.2) is 0 Å². The molecule has 0 fully saturated rings. The number of hydrogen-bond donors (Lipinski definition) is 1. The first-order valence-electron chi connectivity index (χ1n) is 9.34. The molecule has 2 aromatic carbocycles. The second-order valence-corrected chi connectivity index (χ2v) is 7.65. The maximum absolute atomic E-state index is 12.6. The summed E-state index contributed by atoms with van der Waals surface area (Å²) in [4.78, 5) is 17.3. The zero-order valence-electron chi connectivity index (χ0n) is 15.8. The molecule has 0 saturated carbocycles. The molecule has 4 aromatic rings. The Morgan fingerprint density at radius 3 is 2.75 bits per heavy atom. The Kier molecular flexibility index (Phi) is 5.16. The number of fused-ring (bicyclic) bond motifs is 1. The molecule has 1 N–H and O–H groups in total. The van der Waals surface area contributed by atoms with Crippen molar-refractivity contribution >= 4 is 33.4 Å². The number of unbranched alkanes of at least 4 members (excludes halogenated alkanes) is 1. The smallest absolute Gasteiger partial charge is 0.257 e. The Bertz CT molecular complexity index is 1120. The highest BCUT2D eigenvalue weighted by Gasteiger charge is 2.14. The van der Waals surface area contributed by atoms with Crippen LogP contribution < -0.4 is 5.32 Å². The van der Waals surface area contributed by atoms with Crippen LogP contribution in [0.1, 0.15) is 41.0 Å². The molecule has 1 amide bonds. The SMILES string of the molecule is CCCCc1nnc(NC(=O)c2ccc3c(c2)nc(C)n3-c2ccccc2)s1. The van der Waals surface area contributed by atoms with Crippen molar-refractivity contribution in [2.24, 2.45) is 0 Å². The van der Waals surface area contributed by atoms with E-state index in [4.69, 9.17) is 0 Å². The number of nitrogens with zero attached hydrogens (tertiary/aromatic N) is 4. The van der Waals surface area contributed by atoms with Crippen molar-refractivity contribution in [1.82, 2.24) is 19.7 Å². The second kappa shape index (κ2) is 7.90. The van der Waals surface area contributed by atoms with Crippen LogP contribution >= 0.6 is 11.3 Å². The molecule has 0 spiro atoms. The van der Waals surface area contributed by atoms with Gasteiger partial charge in [0.2, 0.25) is 5.13 Å². The molecular weight excluding hydrogens is 370 g/mol. The van der Waals surface area contributed by atoms with Crippen molar-refractivity contribution in [2.75, 3.05) is 5.32 Å². The van der Waals surface area contributed by atoms with Gasteiger partial charge in [-0.2, -0.15) is 0 Å². The summed E-state index contributed by atoms with van der Waals surface area (Å²) in [7, 11) is 0. The number of para-hydroxylation sites is 1. The molecule has 6 nitrogen and oxygen atoms in total. The Labute approximate surface area is 167 Å². The minimum Gasteiger partial charge on any atom is -0.297 e. The lowest BCUT2D eigenvalue weighted by Crippen LogP contribution is -2.11. The summed E-state index contributed by atoms with van der Waals surface area (Å²) in [6.45, 7) is 4.10. The first kappa shape index (κ1) is 18.3. The fraction of sp³-hybridized carbons (Fsp3) is 0.238. The molecule has 142 valence electrons. The maximum Gasteiger partial charge on any atom is 0.257 e. The van der Waals surface area contributed by atoms with E-state index in [1.807, 2.05) is 55.5 Å². The van der Waals surface area contributed by atoms with Gasteiger partial charge in [-0.3, -0.25) is 14.7 Å². The molecule has 0 radical (unpaired) electrons. The lowest BCUT2D eigenvalue weighted by atomic mass is 10.2. The molecule has 0 aliphatic heterocycles. The average molecular weight is 392 g/mol. The van der Waals surface area contributed by atoms with Gasteiger partial charge in [-0.05, 0) is 43.7 Å². The summed E-state index contributed by atoms with van der Waals surface area (Å²) in [5.41, 5.74) is 3.36. The Hall–Kier alpha value is -3.06. The molecule has 0 aliphatic rings. The minimum atomic E-state index is -0.202. The van der Waals surface area contributed by atoms with Gasteiger partial charge in [-0.15, -0.1) is 10.2 Å². The third kappa shape index (κ3) is 3.66. The highest BCUT2D eigenvalue weighted by molar-refractivity contribution is 7.15. The number of amides is 1. The predicted octanol–water partition coefficient (Wildman–Crippen LogP) is 4.78. The summed E-state index contributed by atoms with van der Waals surface area (Å²) in [5.74, 6) is 0.676. The Morgan fingerprint density at radius 2 is 1.96 bits per heavy atom. The largest absolute Gasteiger partial charge is 0.297 e. The van der Waals surface area contributed by atoms with Gasteiger partial charge in [0.25, 0.3) is 5.91 Å². The van der Waals surface area contributed by atoms with Crippen LogP contribution in [0.25, 0.3) is 16.7 Å². The van der Waals surface area contributed by atoms with E-state index >= 15 is 0 Å². The molecule has 2 aromatic heterocycles. The molecule has 0 unspecified atom stereocenters. The van der Waals surface area contributed by atoms with Gasteiger partial charge >= 0.3 is 0 Å². The third-order valence-corrected chi connectivity index (χ3v) is 5.43. The monoisotopic (exact) mass is 391 g/mol. The van der Waals surface area contributed by atoms with E-state index in [1.54, 1.807) is 0 Å². The van der Waals surface area contributed by atoms with E-state index in [0.717, 1.165) is 46.8 Å². The van der Waals surface area contributed by atoms with Gasteiger partial charge in [0.1, 0.15) is 10.8 Å². The molecular formula is C21H21N5OS. The molecule has 4 rings (SSSR count). The van der Waals surface area contributed by atoms with E-state index < -0.39 is 0 Å². The van der Waals surface area contributed by atoms with Gasteiger partial charge in [0, 0.05) is 17.7 Å². The first-order chi connectivity index (χ1) is 13.7. The van der Waals surface area contributed by atoms with E-state index in [2.05, 4.69) is 32.0 Å². The zero-order valence-corrected chi connectivity index (χ0v) is 16.7. The van der Waals surface area contributed by atoms with Gasteiger partial charge in [-0.1, -0.05) is 42.9 Å². The van der Waals surface area contributed by atoms with Crippen molar-refractivity contribution in [3.05, 3.63) is 64.9 Å². The van der Waals surface area contributed by atoms with Crippen molar-refractivity contribution in [3.8, 4) is 5.69 Å². The highest BCUT2D eigenvalue weighted by atomic mass is 32.1. The fourth-order valence-corrected chi connectivity index (χ4v) is 3.92. The Morgan fingerprint density at radius 1 is 1.14 bits per heavy atom. The Balaban J connectivity index is 1.58. The van der Waals surface area contributed by atoms with Gasteiger partial charge in [-0.25, -0.2) is 4.98 Å². The molecule has 0 bridgehead atoms. The van der Waals surface area contributed by atoms with Crippen molar-refractivity contribution in [1.29, 1.82) is 0 Å². The highest BCUT2D eigenvalue weighted by Crippen LogP contribution is 2.23.